The Labute approximate surface area is 128 Å². The molecular formula is C15H19N3O2S. The number of nitrogens with zero attached hydrogens (tertiary/aromatic N) is 2. The Hall–Kier alpha value is -1.66. The molecule has 112 valence electrons. The molecule has 6 heteroatoms. The third kappa shape index (κ3) is 3.33. The van der Waals surface area contributed by atoms with Gasteiger partial charge in [-0.25, -0.2) is 9.78 Å². The molecule has 3 rings (SSSR count). The smallest absolute Gasteiger partial charge is 0.329 e. The molecule has 1 saturated carbocycles. The molecule has 0 aliphatic heterocycles. The van der Waals surface area contributed by atoms with Crippen molar-refractivity contribution < 1.29 is 9.53 Å². The van der Waals surface area contributed by atoms with Crippen LogP contribution in [0, 0.1) is 0 Å². The first-order valence-corrected chi connectivity index (χ1v) is 8.11. The fourth-order valence-electron chi connectivity index (χ4n) is 2.35. The van der Waals surface area contributed by atoms with Crippen LogP contribution in [0.15, 0.2) is 30.0 Å². The Bertz CT molecular complexity index is 590. The van der Waals surface area contributed by atoms with Crippen molar-refractivity contribution in [3.63, 3.8) is 0 Å². The van der Waals surface area contributed by atoms with E-state index in [0.29, 0.717) is 19.2 Å². The molecule has 2 aromatic heterocycles. The highest BCUT2D eigenvalue weighted by atomic mass is 32.1. The lowest BCUT2D eigenvalue weighted by atomic mass is 10.2. The second-order valence-electron chi connectivity index (χ2n) is 5.10. The van der Waals surface area contributed by atoms with Crippen molar-refractivity contribution in [3.8, 4) is 0 Å². The molecule has 0 amide bonds. The number of ether oxygens (including phenoxy) is 1. The van der Waals surface area contributed by atoms with Gasteiger partial charge < -0.3 is 9.30 Å². The zero-order chi connectivity index (χ0) is 14.7. The van der Waals surface area contributed by atoms with E-state index in [1.54, 1.807) is 17.5 Å². The lowest BCUT2D eigenvalue weighted by molar-refractivity contribution is -0.146. The Morgan fingerprint density at radius 1 is 1.62 bits per heavy atom. The maximum atomic E-state index is 12.3. The van der Waals surface area contributed by atoms with Gasteiger partial charge in [-0.2, -0.15) is 0 Å². The van der Waals surface area contributed by atoms with E-state index in [1.165, 1.54) is 4.88 Å². The van der Waals surface area contributed by atoms with E-state index in [-0.39, 0.29) is 5.97 Å². The van der Waals surface area contributed by atoms with Crippen LogP contribution >= 0.6 is 11.3 Å². The molecule has 0 spiro atoms. The van der Waals surface area contributed by atoms with Gasteiger partial charge in [-0.1, -0.05) is 6.07 Å². The molecular weight excluding hydrogens is 286 g/mol. The van der Waals surface area contributed by atoms with E-state index in [2.05, 4.69) is 20.9 Å². The van der Waals surface area contributed by atoms with Crippen molar-refractivity contribution >= 4 is 17.3 Å². The fourth-order valence-corrected chi connectivity index (χ4v) is 3.00. The number of thiophene rings is 1. The maximum absolute atomic E-state index is 12.3. The molecule has 0 saturated heterocycles. The largest absolute Gasteiger partial charge is 0.465 e. The lowest BCUT2D eigenvalue weighted by Gasteiger charge is -2.18. The monoisotopic (exact) mass is 305 g/mol. The molecule has 2 heterocycles. The van der Waals surface area contributed by atoms with Crippen molar-refractivity contribution in [1.82, 2.24) is 14.9 Å². The summed E-state index contributed by atoms with van der Waals surface area (Å²) in [6.45, 7) is 2.86. The quantitative estimate of drug-likeness (QED) is 0.799. The summed E-state index contributed by atoms with van der Waals surface area (Å²) < 4.78 is 7.31. The molecule has 1 unspecified atom stereocenters. The highest BCUT2D eigenvalue weighted by Crippen LogP contribution is 2.37. The van der Waals surface area contributed by atoms with Crippen LogP contribution in [0.1, 0.15) is 42.4 Å². The zero-order valence-corrected chi connectivity index (χ0v) is 12.8. The highest BCUT2D eigenvalue weighted by molar-refractivity contribution is 7.09. The number of hydrogen-bond acceptors (Lipinski definition) is 5. The van der Waals surface area contributed by atoms with E-state index in [0.717, 1.165) is 18.5 Å². The molecule has 1 N–H and O–H groups in total. The molecule has 1 aliphatic rings. The maximum Gasteiger partial charge on any atom is 0.329 e. The molecule has 0 radical (unpaired) electrons. The minimum atomic E-state index is -0.463. The molecule has 0 aromatic carbocycles. The SMILES string of the molecule is CCOC(=O)C(NCc1cccs1)c1cncn1C1CC1. The molecule has 2 aromatic rings. The highest BCUT2D eigenvalue weighted by Gasteiger charge is 2.31. The molecule has 1 aliphatic carbocycles. The predicted molar refractivity (Wildman–Crippen MR) is 81.0 cm³/mol. The summed E-state index contributed by atoms with van der Waals surface area (Å²) in [4.78, 5) is 17.7. The van der Waals surface area contributed by atoms with Crippen molar-refractivity contribution in [2.45, 2.75) is 38.4 Å². The van der Waals surface area contributed by atoms with Crippen LogP contribution in [-0.2, 0) is 16.1 Å². The molecule has 1 fully saturated rings. The summed E-state index contributed by atoms with van der Waals surface area (Å²) in [6.07, 6.45) is 5.89. The van der Waals surface area contributed by atoms with Crippen molar-refractivity contribution in [2.24, 2.45) is 0 Å². The number of imidazole rings is 1. The number of hydrogen-bond donors (Lipinski definition) is 1. The molecule has 1 atom stereocenters. The lowest BCUT2D eigenvalue weighted by Crippen LogP contribution is -2.31. The van der Waals surface area contributed by atoms with E-state index >= 15 is 0 Å². The number of rotatable bonds is 7. The van der Waals surface area contributed by atoms with Gasteiger partial charge in [0, 0.05) is 17.5 Å². The van der Waals surface area contributed by atoms with Gasteiger partial charge in [0.05, 0.1) is 24.8 Å². The standard InChI is InChI=1S/C15H19N3O2S/c1-2-20-15(19)14(17-8-12-4-3-7-21-12)13-9-16-10-18(13)11-5-6-11/h3-4,7,9-11,14,17H,2,5-6,8H2,1H3. The second-order valence-corrected chi connectivity index (χ2v) is 6.13. The van der Waals surface area contributed by atoms with Gasteiger partial charge in [-0.05, 0) is 31.2 Å². The molecule has 5 nitrogen and oxygen atoms in total. The van der Waals surface area contributed by atoms with Crippen molar-refractivity contribution in [1.29, 1.82) is 0 Å². The van der Waals surface area contributed by atoms with Crippen molar-refractivity contribution in [2.75, 3.05) is 6.61 Å². The summed E-state index contributed by atoms with van der Waals surface area (Å²) in [7, 11) is 0. The van der Waals surface area contributed by atoms with Crippen LogP contribution in [0.2, 0.25) is 0 Å². The van der Waals surface area contributed by atoms with E-state index in [1.807, 2.05) is 24.7 Å². The van der Waals surface area contributed by atoms with Crippen LogP contribution in [-0.4, -0.2) is 22.1 Å². The minimum absolute atomic E-state index is 0.239. The first-order chi connectivity index (χ1) is 10.3. The van der Waals surface area contributed by atoms with Crippen LogP contribution in [0.5, 0.6) is 0 Å². The number of esters is 1. The van der Waals surface area contributed by atoms with Gasteiger partial charge in [0.15, 0.2) is 0 Å². The summed E-state index contributed by atoms with van der Waals surface area (Å²) in [5, 5.41) is 5.34. The normalized spacial score (nSPS) is 15.9. The first-order valence-electron chi connectivity index (χ1n) is 7.23. The van der Waals surface area contributed by atoms with Crippen LogP contribution < -0.4 is 5.32 Å². The Balaban J connectivity index is 1.77. The first kappa shape index (κ1) is 14.3. The third-order valence-corrected chi connectivity index (χ3v) is 4.39. The van der Waals surface area contributed by atoms with Crippen molar-refractivity contribution in [3.05, 3.63) is 40.6 Å². The van der Waals surface area contributed by atoms with Crippen LogP contribution in [0.3, 0.4) is 0 Å². The van der Waals surface area contributed by atoms with E-state index in [4.69, 9.17) is 4.74 Å². The number of carbonyl (C=O) groups excluding carboxylic acids is 1. The van der Waals surface area contributed by atoms with Crippen LogP contribution in [0.4, 0.5) is 0 Å². The Morgan fingerprint density at radius 2 is 2.48 bits per heavy atom. The second kappa shape index (κ2) is 6.41. The Morgan fingerprint density at radius 3 is 3.14 bits per heavy atom. The summed E-state index contributed by atoms with van der Waals surface area (Å²) in [5.41, 5.74) is 0.896. The van der Waals surface area contributed by atoms with E-state index < -0.39 is 6.04 Å². The Kier molecular flexibility index (Phi) is 4.36. The summed E-state index contributed by atoms with van der Waals surface area (Å²) in [5.74, 6) is -0.239. The van der Waals surface area contributed by atoms with Gasteiger partial charge in [0.2, 0.25) is 0 Å². The number of aromatic nitrogens is 2. The average molecular weight is 305 g/mol. The topological polar surface area (TPSA) is 56.1 Å². The van der Waals surface area contributed by atoms with Gasteiger partial charge in [0.1, 0.15) is 6.04 Å². The molecule has 0 bridgehead atoms. The zero-order valence-electron chi connectivity index (χ0n) is 12.0. The third-order valence-electron chi connectivity index (χ3n) is 3.51. The summed E-state index contributed by atoms with van der Waals surface area (Å²) in [6, 6.07) is 4.09. The van der Waals surface area contributed by atoms with Gasteiger partial charge >= 0.3 is 5.97 Å². The minimum Gasteiger partial charge on any atom is -0.465 e. The molecule has 21 heavy (non-hydrogen) atoms. The van der Waals surface area contributed by atoms with Crippen LogP contribution in [0.25, 0.3) is 0 Å². The van der Waals surface area contributed by atoms with Gasteiger partial charge in [0.25, 0.3) is 0 Å². The fraction of sp³-hybridized carbons (Fsp3) is 0.467. The van der Waals surface area contributed by atoms with Gasteiger partial charge in [-0.3, -0.25) is 5.32 Å². The van der Waals surface area contributed by atoms with E-state index in [9.17, 15) is 4.79 Å². The number of nitrogens with one attached hydrogen (secondary N) is 1. The number of carbonyl (C=O) groups is 1. The predicted octanol–water partition coefficient (Wildman–Crippen LogP) is 2.67. The average Bonchev–Trinajstić information content (AvgIpc) is 3.00. The van der Waals surface area contributed by atoms with Gasteiger partial charge in [-0.15, -0.1) is 11.3 Å². The summed E-state index contributed by atoms with van der Waals surface area (Å²) >= 11 is 1.67.